The molecule has 2 heterocycles. The van der Waals surface area contributed by atoms with Crippen LogP contribution in [0.5, 0.6) is 0 Å². The van der Waals surface area contributed by atoms with Crippen LogP contribution in [0.2, 0.25) is 0 Å². The van der Waals surface area contributed by atoms with E-state index in [1.165, 1.54) is 63.8 Å². The summed E-state index contributed by atoms with van der Waals surface area (Å²) in [6, 6.07) is 0. The van der Waals surface area contributed by atoms with Gasteiger partial charge in [0.2, 0.25) is 12.0 Å². The van der Waals surface area contributed by atoms with Gasteiger partial charge in [-0.1, -0.05) is 150 Å². The molecule has 0 fully saturated rings. The third-order valence-corrected chi connectivity index (χ3v) is 11.4. The monoisotopic (exact) mass is 917 g/mol. The number of hydrogen-bond acceptors (Lipinski definition) is 14. The van der Waals surface area contributed by atoms with Crippen LogP contribution in [0.3, 0.4) is 0 Å². The normalized spacial score (nSPS) is 13.6. The van der Waals surface area contributed by atoms with Gasteiger partial charge in [-0.15, -0.1) is 0 Å². The molecule has 0 radical (unpaired) electrons. The smallest absolute Gasteiger partial charge is 0.307 e. The van der Waals surface area contributed by atoms with Gasteiger partial charge in [-0.2, -0.15) is 0 Å². The largest absolute Gasteiger partial charge is 0.459 e. The van der Waals surface area contributed by atoms with E-state index in [0.717, 1.165) is 70.6 Å². The molecule has 2 aromatic heterocycles. The highest BCUT2D eigenvalue weighted by atomic mass is 16.6. The van der Waals surface area contributed by atoms with Crippen molar-refractivity contribution in [3.8, 4) is 0 Å². The lowest BCUT2D eigenvalue weighted by Gasteiger charge is -2.32. The lowest BCUT2D eigenvalue weighted by molar-refractivity contribution is -0.188. The zero-order chi connectivity index (χ0) is 47.5. The predicted molar refractivity (Wildman–Crippen MR) is 247 cm³/mol. The minimum absolute atomic E-state index is 0.0440. The van der Waals surface area contributed by atoms with E-state index in [-0.39, 0.29) is 55.9 Å². The Hall–Kier alpha value is -4.23. The van der Waals surface area contributed by atoms with E-state index in [2.05, 4.69) is 16.9 Å². The number of nitrogens with zero attached hydrogens (tertiary/aromatic N) is 2. The summed E-state index contributed by atoms with van der Waals surface area (Å²) in [4.78, 5) is 75.4. The third kappa shape index (κ3) is 25.3. The number of carbonyl (C=O) groups excluding carboxylic acids is 5. The summed E-state index contributed by atoms with van der Waals surface area (Å²) in [6.07, 6.45) is 20.4. The molecular weight excluding hydrogens is 833 g/mol. The summed E-state index contributed by atoms with van der Waals surface area (Å²) < 4.78 is 41.6. The van der Waals surface area contributed by atoms with Gasteiger partial charge in [0.15, 0.2) is 24.4 Å². The van der Waals surface area contributed by atoms with Crippen LogP contribution < -0.4 is 0 Å². The summed E-state index contributed by atoms with van der Waals surface area (Å²) in [5.74, 6) is -2.39. The van der Waals surface area contributed by atoms with E-state index in [9.17, 15) is 24.0 Å². The Morgan fingerprint density at radius 2 is 0.923 bits per heavy atom. The van der Waals surface area contributed by atoms with Gasteiger partial charge in [0.05, 0.1) is 6.20 Å². The van der Waals surface area contributed by atoms with Crippen LogP contribution in [0.15, 0.2) is 27.7 Å². The predicted octanol–water partition coefficient (Wildman–Crippen LogP) is 13.0. The average Bonchev–Trinajstić information content (AvgIpc) is 4.01. The van der Waals surface area contributed by atoms with Crippen molar-refractivity contribution in [2.45, 2.75) is 258 Å². The summed E-state index contributed by atoms with van der Waals surface area (Å²) in [6.45, 7) is 11.9. The van der Waals surface area contributed by atoms with Gasteiger partial charge in [-0.25, -0.2) is 9.97 Å². The minimum atomic E-state index is -1.25. The number of rotatable bonds is 40. The van der Waals surface area contributed by atoms with Crippen molar-refractivity contribution in [1.29, 1.82) is 0 Å². The molecule has 0 amide bonds. The molecular formula is C51H84N2O12. The molecule has 0 aliphatic carbocycles. The SMILES string of the molecule is CCCCCCCCCCCCCC(=O)OC(c1cnco1)c1nc(C(CC(OC(=O)CCCCC)C(OC(=O)CCCCC)C(C)OC(=O)CCCCC)OC(=O)CCCCC)co1. The van der Waals surface area contributed by atoms with Crippen molar-refractivity contribution < 1.29 is 56.5 Å². The fourth-order valence-electron chi connectivity index (χ4n) is 7.51. The fourth-order valence-corrected chi connectivity index (χ4v) is 7.51. The molecule has 0 saturated heterocycles. The van der Waals surface area contributed by atoms with E-state index in [0.29, 0.717) is 32.1 Å². The lowest BCUT2D eigenvalue weighted by atomic mass is 10.00. The Kier molecular flexibility index (Phi) is 31.5. The summed E-state index contributed by atoms with van der Waals surface area (Å²) in [5.41, 5.74) is 0.138. The van der Waals surface area contributed by atoms with E-state index in [1.807, 2.05) is 27.7 Å². The quantitative estimate of drug-likeness (QED) is 0.0349. The molecule has 0 aliphatic rings. The molecule has 0 aliphatic heterocycles. The third-order valence-electron chi connectivity index (χ3n) is 11.4. The summed E-state index contributed by atoms with van der Waals surface area (Å²) >= 11 is 0. The maximum atomic E-state index is 13.5. The highest BCUT2D eigenvalue weighted by Gasteiger charge is 2.40. The van der Waals surface area contributed by atoms with Crippen LogP contribution in [0.4, 0.5) is 0 Å². The van der Waals surface area contributed by atoms with Gasteiger partial charge in [0, 0.05) is 38.5 Å². The highest BCUT2D eigenvalue weighted by Crippen LogP contribution is 2.33. The molecule has 5 unspecified atom stereocenters. The molecule has 0 spiro atoms. The minimum Gasteiger partial charge on any atom is -0.459 e. The number of aromatic nitrogens is 2. The topological polar surface area (TPSA) is 184 Å². The molecule has 2 aromatic rings. The maximum absolute atomic E-state index is 13.5. The van der Waals surface area contributed by atoms with Crippen molar-refractivity contribution in [2.24, 2.45) is 0 Å². The molecule has 5 atom stereocenters. The zero-order valence-electron chi connectivity index (χ0n) is 40.9. The number of oxazole rings is 2. The van der Waals surface area contributed by atoms with Gasteiger partial charge < -0.3 is 32.5 Å². The van der Waals surface area contributed by atoms with Crippen LogP contribution >= 0.6 is 0 Å². The van der Waals surface area contributed by atoms with Crippen LogP contribution in [0.1, 0.15) is 257 Å². The van der Waals surface area contributed by atoms with Crippen molar-refractivity contribution in [1.82, 2.24) is 9.97 Å². The maximum Gasteiger partial charge on any atom is 0.307 e. The van der Waals surface area contributed by atoms with E-state index in [1.54, 1.807) is 6.92 Å². The average molecular weight is 917 g/mol. The van der Waals surface area contributed by atoms with E-state index in [4.69, 9.17) is 32.5 Å². The molecule has 0 N–H and O–H groups in total. The Morgan fingerprint density at radius 3 is 1.42 bits per heavy atom. The number of unbranched alkanes of at least 4 members (excludes halogenated alkanes) is 18. The van der Waals surface area contributed by atoms with Crippen molar-refractivity contribution in [3.63, 3.8) is 0 Å². The van der Waals surface area contributed by atoms with Crippen LogP contribution in [0.25, 0.3) is 0 Å². The molecule has 65 heavy (non-hydrogen) atoms. The molecule has 2 rings (SSSR count). The number of hydrogen-bond donors (Lipinski definition) is 0. The summed E-state index contributed by atoms with van der Waals surface area (Å²) in [5, 5.41) is 0. The van der Waals surface area contributed by atoms with Crippen LogP contribution in [-0.2, 0) is 47.7 Å². The zero-order valence-corrected chi connectivity index (χ0v) is 40.9. The first-order chi connectivity index (χ1) is 31.6. The Morgan fingerprint density at radius 1 is 0.508 bits per heavy atom. The summed E-state index contributed by atoms with van der Waals surface area (Å²) in [7, 11) is 0. The lowest BCUT2D eigenvalue weighted by Crippen LogP contribution is -2.45. The molecule has 14 nitrogen and oxygen atoms in total. The first kappa shape index (κ1) is 56.9. The first-order valence-corrected chi connectivity index (χ1v) is 25.4. The van der Waals surface area contributed by atoms with Crippen LogP contribution in [-0.4, -0.2) is 58.1 Å². The highest BCUT2D eigenvalue weighted by molar-refractivity contribution is 5.72. The molecule has 0 aromatic carbocycles. The van der Waals surface area contributed by atoms with Crippen LogP contribution in [0, 0.1) is 0 Å². The number of esters is 5. The second-order valence-electron chi connectivity index (χ2n) is 17.4. The number of carbonyl (C=O) groups is 5. The van der Waals surface area contributed by atoms with Gasteiger partial charge in [-0.3, -0.25) is 24.0 Å². The van der Waals surface area contributed by atoms with Crippen molar-refractivity contribution in [2.75, 3.05) is 0 Å². The molecule has 0 bridgehead atoms. The number of ether oxygens (including phenoxy) is 5. The van der Waals surface area contributed by atoms with E-state index < -0.39 is 60.4 Å². The van der Waals surface area contributed by atoms with Crippen molar-refractivity contribution >= 4 is 29.8 Å². The molecule has 0 saturated carbocycles. The second kappa shape index (κ2) is 36.0. The molecule has 14 heteroatoms. The Bertz CT molecular complexity index is 1560. The Labute approximate surface area is 389 Å². The molecule has 370 valence electrons. The first-order valence-electron chi connectivity index (χ1n) is 25.4. The van der Waals surface area contributed by atoms with Gasteiger partial charge in [0.1, 0.15) is 24.2 Å². The standard InChI is InChI=1S/C51H84N2O12/c1-7-12-17-18-19-20-21-22-23-24-29-34-48(58)65-50(43-36-52-38-60-43)51-53-40(37-59-51)41(62-45(55)31-26-14-9-3)35-42(63-46(56)32-27-15-10-4)49(64-47(57)33-28-16-11-5)39(6)61-44(54)30-25-13-8-2/h36-39,41-42,49-50H,7-35H2,1-6H3. The van der Waals surface area contributed by atoms with Crippen molar-refractivity contribution in [3.05, 3.63) is 36.2 Å². The Balaban J connectivity index is 2.43. The van der Waals surface area contributed by atoms with Gasteiger partial charge in [-0.05, 0) is 39.0 Å². The van der Waals surface area contributed by atoms with Gasteiger partial charge >= 0.3 is 29.8 Å². The van der Waals surface area contributed by atoms with Gasteiger partial charge in [0.25, 0.3) is 0 Å². The fraction of sp³-hybridized carbons (Fsp3) is 0.784. The van der Waals surface area contributed by atoms with E-state index >= 15 is 0 Å². The second-order valence-corrected chi connectivity index (χ2v) is 17.4.